The Balaban J connectivity index is 1.65. The first-order valence-corrected chi connectivity index (χ1v) is 10.0. The summed E-state index contributed by atoms with van der Waals surface area (Å²) in [6, 6.07) is 0. The molecule has 0 radical (unpaired) electrons. The molecule has 1 aromatic heterocycles. The van der Waals surface area contributed by atoms with Gasteiger partial charge in [0.05, 0.1) is 18.2 Å². The third-order valence-corrected chi connectivity index (χ3v) is 6.54. The number of nitrogens with zero attached hydrogens (tertiary/aromatic N) is 2. The molecule has 134 valence electrons. The molecule has 1 amide bonds. The van der Waals surface area contributed by atoms with Crippen LogP contribution in [0.4, 0.5) is 0 Å². The highest BCUT2D eigenvalue weighted by molar-refractivity contribution is 7.09. The zero-order valence-electron chi connectivity index (χ0n) is 14.8. The molecule has 1 aliphatic carbocycles. The molecule has 0 spiro atoms. The van der Waals surface area contributed by atoms with Gasteiger partial charge in [-0.25, -0.2) is 4.98 Å². The molecule has 6 heteroatoms. The number of thiazole rings is 1. The number of carbonyl (C=O) groups is 1. The monoisotopic (exact) mass is 351 g/mol. The van der Waals surface area contributed by atoms with Crippen LogP contribution in [0.15, 0.2) is 5.38 Å². The molecular weight excluding hydrogens is 322 g/mol. The number of hydrogen-bond donors (Lipinski definition) is 1. The van der Waals surface area contributed by atoms with Gasteiger partial charge < -0.3 is 10.1 Å². The van der Waals surface area contributed by atoms with Crippen molar-refractivity contribution >= 4 is 17.2 Å². The van der Waals surface area contributed by atoms with Gasteiger partial charge in [0.1, 0.15) is 5.54 Å². The maximum Gasteiger partial charge on any atom is 0.240 e. The van der Waals surface area contributed by atoms with Gasteiger partial charge in [-0.3, -0.25) is 9.69 Å². The summed E-state index contributed by atoms with van der Waals surface area (Å²) in [5.41, 5.74) is 0.742. The van der Waals surface area contributed by atoms with E-state index in [9.17, 15) is 4.79 Å². The smallest absolute Gasteiger partial charge is 0.240 e. The number of ether oxygens (including phenoxy) is 1. The van der Waals surface area contributed by atoms with Gasteiger partial charge in [-0.2, -0.15) is 0 Å². The van der Waals surface area contributed by atoms with Gasteiger partial charge in [0.25, 0.3) is 0 Å². The lowest BCUT2D eigenvalue weighted by Gasteiger charge is -2.46. The van der Waals surface area contributed by atoms with Crippen molar-refractivity contribution in [2.75, 3.05) is 32.8 Å². The van der Waals surface area contributed by atoms with Gasteiger partial charge in [-0.15, -0.1) is 11.3 Å². The van der Waals surface area contributed by atoms with E-state index in [-0.39, 0.29) is 17.4 Å². The van der Waals surface area contributed by atoms with E-state index in [0.717, 1.165) is 62.7 Å². The third kappa shape index (κ3) is 3.81. The van der Waals surface area contributed by atoms with Crippen molar-refractivity contribution in [1.29, 1.82) is 0 Å². The van der Waals surface area contributed by atoms with Crippen LogP contribution in [0.25, 0.3) is 0 Å². The highest BCUT2D eigenvalue weighted by Crippen LogP contribution is 2.34. The van der Waals surface area contributed by atoms with Crippen molar-refractivity contribution in [3.8, 4) is 0 Å². The van der Waals surface area contributed by atoms with E-state index in [1.165, 1.54) is 6.42 Å². The van der Waals surface area contributed by atoms with Crippen LogP contribution in [0.1, 0.15) is 55.6 Å². The van der Waals surface area contributed by atoms with Crippen LogP contribution < -0.4 is 5.32 Å². The zero-order chi connectivity index (χ0) is 17.0. The molecule has 0 bridgehead atoms. The highest BCUT2D eigenvalue weighted by Gasteiger charge is 2.44. The Bertz CT molecular complexity index is 548. The summed E-state index contributed by atoms with van der Waals surface area (Å²) in [4.78, 5) is 20.1. The largest absolute Gasteiger partial charge is 0.379 e. The van der Waals surface area contributed by atoms with Crippen molar-refractivity contribution in [3.63, 3.8) is 0 Å². The molecule has 0 aromatic carbocycles. The minimum absolute atomic E-state index is 0.212. The maximum absolute atomic E-state index is 13.1. The topological polar surface area (TPSA) is 54.5 Å². The number of hydrogen-bond acceptors (Lipinski definition) is 5. The fraction of sp³-hybridized carbons (Fsp3) is 0.778. The highest BCUT2D eigenvalue weighted by atomic mass is 32.1. The summed E-state index contributed by atoms with van der Waals surface area (Å²) in [5.74, 6) is 0.474. The average molecular weight is 352 g/mol. The Kier molecular flexibility index (Phi) is 5.89. The van der Waals surface area contributed by atoms with Crippen LogP contribution in [0.5, 0.6) is 0 Å². The fourth-order valence-corrected chi connectivity index (χ4v) is 4.77. The van der Waals surface area contributed by atoms with Gasteiger partial charge in [-0.05, 0) is 19.8 Å². The third-order valence-electron chi connectivity index (χ3n) is 5.35. The normalized spacial score (nSPS) is 22.9. The van der Waals surface area contributed by atoms with Crippen LogP contribution in [0.2, 0.25) is 0 Å². The van der Waals surface area contributed by atoms with E-state index in [1.807, 2.05) is 6.92 Å². The summed E-state index contributed by atoms with van der Waals surface area (Å²) >= 11 is 1.68. The lowest BCUT2D eigenvalue weighted by atomic mass is 9.79. The standard InChI is InChI=1S/C18H29N3O2S/c1-14(16-20-15(2)13-24-16)12-19-17(22)18(6-4-3-5-7-18)21-8-10-23-11-9-21/h13-14H,3-12H2,1-2H3,(H,19,22)/t14-/m1/s1. The first-order valence-electron chi connectivity index (χ1n) is 9.15. The van der Waals surface area contributed by atoms with E-state index >= 15 is 0 Å². The Morgan fingerprint density at radius 3 is 2.71 bits per heavy atom. The molecule has 5 nitrogen and oxygen atoms in total. The molecule has 0 unspecified atom stereocenters. The SMILES string of the molecule is Cc1csc([C@H](C)CNC(=O)C2(N3CCOCC3)CCCCC2)n1. The molecule has 1 aromatic rings. The Labute approximate surface area is 148 Å². The number of amides is 1. The van der Waals surface area contributed by atoms with Crippen molar-refractivity contribution in [1.82, 2.24) is 15.2 Å². The Morgan fingerprint density at radius 2 is 2.08 bits per heavy atom. The van der Waals surface area contributed by atoms with Crippen LogP contribution in [-0.4, -0.2) is 54.2 Å². The van der Waals surface area contributed by atoms with Crippen LogP contribution in [0.3, 0.4) is 0 Å². The van der Waals surface area contributed by atoms with E-state index in [4.69, 9.17) is 4.74 Å². The number of carbonyl (C=O) groups excluding carboxylic acids is 1. The Morgan fingerprint density at radius 1 is 1.38 bits per heavy atom. The maximum atomic E-state index is 13.1. The second kappa shape index (κ2) is 7.93. The second-order valence-corrected chi connectivity index (χ2v) is 8.02. The summed E-state index contributed by atoms with van der Waals surface area (Å²) in [6.07, 6.45) is 5.49. The molecule has 2 fully saturated rings. The van der Waals surface area contributed by atoms with Crippen molar-refractivity contribution in [2.24, 2.45) is 0 Å². The Hall–Kier alpha value is -0.980. The summed E-state index contributed by atoms with van der Waals surface area (Å²) in [7, 11) is 0. The quantitative estimate of drug-likeness (QED) is 0.886. The zero-order valence-corrected chi connectivity index (χ0v) is 15.7. The van der Waals surface area contributed by atoms with Gasteiger partial charge in [0.2, 0.25) is 5.91 Å². The first kappa shape index (κ1) is 17.8. The van der Waals surface area contributed by atoms with E-state index in [2.05, 4.69) is 27.5 Å². The molecule has 24 heavy (non-hydrogen) atoms. The summed E-state index contributed by atoms with van der Waals surface area (Å²) in [6.45, 7) is 8.04. The lowest BCUT2D eigenvalue weighted by Crippen LogP contribution is -2.62. The minimum Gasteiger partial charge on any atom is -0.379 e. The van der Waals surface area contributed by atoms with Crippen LogP contribution in [-0.2, 0) is 9.53 Å². The van der Waals surface area contributed by atoms with Gasteiger partial charge in [0, 0.05) is 36.6 Å². The summed E-state index contributed by atoms with van der Waals surface area (Å²) < 4.78 is 5.49. The van der Waals surface area contributed by atoms with Gasteiger partial charge in [-0.1, -0.05) is 26.2 Å². The number of aromatic nitrogens is 1. The van der Waals surface area contributed by atoms with Crippen molar-refractivity contribution in [3.05, 3.63) is 16.1 Å². The van der Waals surface area contributed by atoms with E-state index in [0.29, 0.717) is 6.54 Å². The van der Waals surface area contributed by atoms with Crippen LogP contribution in [0, 0.1) is 6.92 Å². The lowest BCUT2D eigenvalue weighted by molar-refractivity contribution is -0.140. The van der Waals surface area contributed by atoms with E-state index in [1.54, 1.807) is 11.3 Å². The van der Waals surface area contributed by atoms with Crippen molar-refractivity contribution in [2.45, 2.75) is 57.4 Å². The molecule has 1 aliphatic heterocycles. The molecule has 1 N–H and O–H groups in total. The molecular formula is C18H29N3O2S. The number of rotatable bonds is 5. The predicted molar refractivity (Wildman–Crippen MR) is 96.5 cm³/mol. The molecule has 2 heterocycles. The molecule has 1 atom stereocenters. The van der Waals surface area contributed by atoms with Gasteiger partial charge in [0.15, 0.2) is 0 Å². The number of nitrogens with one attached hydrogen (secondary N) is 1. The first-order chi connectivity index (χ1) is 11.6. The van der Waals surface area contributed by atoms with Gasteiger partial charge >= 0.3 is 0 Å². The predicted octanol–water partition coefficient (Wildman–Crippen LogP) is 2.71. The number of aryl methyl sites for hydroxylation is 1. The second-order valence-electron chi connectivity index (χ2n) is 7.13. The van der Waals surface area contributed by atoms with E-state index < -0.39 is 0 Å². The fourth-order valence-electron chi connectivity index (χ4n) is 3.91. The van der Waals surface area contributed by atoms with Crippen LogP contribution >= 0.6 is 11.3 Å². The summed E-state index contributed by atoms with van der Waals surface area (Å²) in [5, 5.41) is 6.42. The molecule has 3 rings (SSSR count). The number of morpholine rings is 1. The molecule has 2 aliphatic rings. The molecule has 1 saturated heterocycles. The van der Waals surface area contributed by atoms with Crippen molar-refractivity contribution < 1.29 is 9.53 Å². The molecule has 1 saturated carbocycles. The minimum atomic E-state index is -0.319. The average Bonchev–Trinajstić information content (AvgIpc) is 3.07.